The van der Waals surface area contributed by atoms with E-state index in [1.54, 1.807) is 11.3 Å². The quantitative estimate of drug-likeness (QED) is 0.318. The highest BCUT2D eigenvalue weighted by molar-refractivity contribution is 14.0. The Labute approximate surface area is 178 Å². The van der Waals surface area contributed by atoms with E-state index in [-0.39, 0.29) is 30.1 Å². The number of thiophene rings is 1. The van der Waals surface area contributed by atoms with Crippen LogP contribution >= 0.6 is 35.3 Å². The molecule has 6 heteroatoms. The smallest absolute Gasteiger partial charge is 0.191 e. The van der Waals surface area contributed by atoms with Crippen molar-refractivity contribution < 1.29 is 4.74 Å². The molecule has 0 saturated carbocycles. The standard InChI is InChI=1S/C20H29N3OS.HI/c1-5-21-20(23-13-19-16(4)10-11-25-19)22-12-17-6-8-18(9-7-17)14-24-15(2)3;/h6-11,15H,5,12-14H2,1-4H3,(H2,21,22,23);1H. The first-order valence-electron chi connectivity index (χ1n) is 8.83. The molecule has 0 spiro atoms. The van der Waals surface area contributed by atoms with Gasteiger partial charge in [-0.15, -0.1) is 35.3 Å². The van der Waals surface area contributed by atoms with Gasteiger partial charge >= 0.3 is 0 Å². The lowest BCUT2D eigenvalue weighted by atomic mass is 10.1. The van der Waals surface area contributed by atoms with Gasteiger partial charge in [-0.3, -0.25) is 0 Å². The molecule has 144 valence electrons. The molecule has 0 aliphatic carbocycles. The molecule has 0 aliphatic heterocycles. The van der Waals surface area contributed by atoms with E-state index in [1.165, 1.54) is 21.6 Å². The lowest BCUT2D eigenvalue weighted by molar-refractivity contribution is 0.0657. The fourth-order valence-electron chi connectivity index (χ4n) is 2.27. The van der Waals surface area contributed by atoms with Crippen molar-refractivity contribution >= 4 is 41.3 Å². The number of hydrogen-bond donors (Lipinski definition) is 2. The van der Waals surface area contributed by atoms with Crippen LogP contribution in [0.1, 0.15) is 42.3 Å². The summed E-state index contributed by atoms with van der Waals surface area (Å²) in [5.41, 5.74) is 3.71. The topological polar surface area (TPSA) is 45.7 Å². The Bertz CT molecular complexity index is 668. The monoisotopic (exact) mass is 487 g/mol. The molecule has 26 heavy (non-hydrogen) atoms. The van der Waals surface area contributed by atoms with E-state index in [9.17, 15) is 0 Å². The molecule has 1 aromatic heterocycles. The summed E-state index contributed by atoms with van der Waals surface area (Å²) in [5.74, 6) is 0.850. The number of benzene rings is 1. The van der Waals surface area contributed by atoms with Gasteiger partial charge in [0.25, 0.3) is 0 Å². The highest BCUT2D eigenvalue weighted by atomic mass is 127. The van der Waals surface area contributed by atoms with E-state index < -0.39 is 0 Å². The zero-order valence-electron chi connectivity index (χ0n) is 16.0. The number of aliphatic imine (C=N–C) groups is 1. The van der Waals surface area contributed by atoms with Crippen LogP contribution in [-0.4, -0.2) is 18.6 Å². The summed E-state index contributed by atoms with van der Waals surface area (Å²) in [4.78, 5) is 6.03. The van der Waals surface area contributed by atoms with Gasteiger partial charge in [-0.05, 0) is 55.8 Å². The number of halogens is 1. The summed E-state index contributed by atoms with van der Waals surface area (Å²) in [6.07, 6.45) is 0.255. The van der Waals surface area contributed by atoms with Crippen LogP contribution in [0.15, 0.2) is 40.7 Å². The second-order valence-electron chi connectivity index (χ2n) is 6.25. The third-order valence-electron chi connectivity index (χ3n) is 3.75. The van der Waals surface area contributed by atoms with E-state index in [0.29, 0.717) is 13.2 Å². The van der Waals surface area contributed by atoms with Crippen molar-refractivity contribution in [3.63, 3.8) is 0 Å². The van der Waals surface area contributed by atoms with Crippen LogP contribution in [0.5, 0.6) is 0 Å². The first-order chi connectivity index (χ1) is 12.1. The van der Waals surface area contributed by atoms with Crippen molar-refractivity contribution in [3.8, 4) is 0 Å². The maximum Gasteiger partial charge on any atom is 0.191 e. The maximum absolute atomic E-state index is 5.63. The number of hydrogen-bond acceptors (Lipinski definition) is 3. The molecular weight excluding hydrogens is 457 g/mol. The molecule has 2 N–H and O–H groups in total. The predicted molar refractivity (Wildman–Crippen MR) is 122 cm³/mol. The van der Waals surface area contributed by atoms with Crippen LogP contribution in [0, 0.1) is 6.92 Å². The van der Waals surface area contributed by atoms with Gasteiger partial charge in [0.15, 0.2) is 5.96 Å². The average molecular weight is 487 g/mol. The minimum absolute atomic E-state index is 0. The van der Waals surface area contributed by atoms with Crippen LogP contribution in [-0.2, 0) is 24.4 Å². The number of ether oxygens (including phenoxy) is 1. The molecule has 0 atom stereocenters. The number of nitrogens with one attached hydrogen (secondary N) is 2. The van der Waals surface area contributed by atoms with Crippen LogP contribution in [0.3, 0.4) is 0 Å². The molecule has 0 aliphatic rings. The van der Waals surface area contributed by atoms with Gasteiger partial charge < -0.3 is 15.4 Å². The Morgan fingerprint density at radius 2 is 1.81 bits per heavy atom. The van der Waals surface area contributed by atoms with Gasteiger partial charge in [0, 0.05) is 11.4 Å². The molecule has 0 saturated heterocycles. The molecule has 1 heterocycles. The summed E-state index contributed by atoms with van der Waals surface area (Å²) in [5, 5.41) is 8.84. The largest absolute Gasteiger partial charge is 0.374 e. The summed E-state index contributed by atoms with van der Waals surface area (Å²) < 4.78 is 5.63. The van der Waals surface area contributed by atoms with Gasteiger partial charge in [0.1, 0.15) is 0 Å². The van der Waals surface area contributed by atoms with Crippen molar-refractivity contribution in [2.75, 3.05) is 6.54 Å². The van der Waals surface area contributed by atoms with Crippen LogP contribution in [0.4, 0.5) is 0 Å². The van der Waals surface area contributed by atoms with E-state index in [1.807, 2.05) is 0 Å². The first kappa shape index (κ1) is 22.9. The Hall–Kier alpha value is -1.12. The minimum atomic E-state index is 0. The zero-order chi connectivity index (χ0) is 18.1. The van der Waals surface area contributed by atoms with Gasteiger partial charge in [0.2, 0.25) is 0 Å². The lowest BCUT2D eigenvalue weighted by Crippen LogP contribution is -2.36. The van der Waals surface area contributed by atoms with Crippen LogP contribution < -0.4 is 10.6 Å². The highest BCUT2D eigenvalue weighted by Gasteiger charge is 2.02. The molecular formula is C20H30IN3OS. The second kappa shape index (κ2) is 12.3. The molecule has 1 aromatic carbocycles. The molecule has 2 rings (SSSR count). The number of guanidine groups is 1. The predicted octanol–water partition coefficient (Wildman–Crippen LogP) is 4.85. The van der Waals surface area contributed by atoms with Gasteiger partial charge in [-0.2, -0.15) is 0 Å². The van der Waals surface area contributed by atoms with Crippen molar-refractivity contribution in [1.29, 1.82) is 0 Å². The normalized spacial score (nSPS) is 11.3. The Morgan fingerprint density at radius 1 is 1.12 bits per heavy atom. The fourth-order valence-corrected chi connectivity index (χ4v) is 3.11. The van der Waals surface area contributed by atoms with Gasteiger partial charge in [0.05, 0.1) is 25.8 Å². The van der Waals surface area contributed by atoms with Crippen molar-refractivity contribution in [3.05, 3.63) is 57.3 Å². The van der Waals surface area contributed by atoms with Crippen LogP contribution in [0.2, 0.25) is 0 Å². The summed E-state index contributed by atoms with van der Waals surface area (Å²) in [6, 6.07) is 10.6. The summed E-state index contributed by atoms with van der Waals surface area (Å²) in [7, 11) is 0. The van der Waals surface area contributed by atoms with E-state index in [0.717, 1.165) is 19.0 Å². The number of aryl methyl sites for hydroxylation is 1. The van der Waals surface area contributed by atoms with Gasteiger partial charge in [-0.1, -0.05) is 24.3 Å². The summed E-state index contributed by atoms with van der Waals surface area (Å²) >= 11 is 1.78. The SMILES string of the molecule is CCNC(=NCc1ccc(COC(C)C)cc1)NCc1sccc1C.I. The fraction of sp³-hybridized carbons (Fsp3) is 0.450. The molecule has 4 nitrogen and oxygen atoms in total. The van der Waals surface area contributed by atoms with Crippen molar-refractivity contribution in [2.45, 2.75) is 53.5 Å². The molecule has 0 amide bonds. The third-order valence-corrected chi connectivity index (χ3v) is 4.78. The first-order valence-corrected chi connectivity index (χ1v) is 9.71. The summed E-state index contributed by atoms with van der Waals surface area (Å²) in [6.45, 7) is 11.3. The second-order valence-corrected chi connectivity index (χ2v) is 7.25. The molecule has 0 fully saturated rings. The third kappa shape index (κ3) is 8.05. The Morgan fingerprint density at radius 3 is 2.38 bits per heavy atom. The van der Waals surface area contributed by atoms with Crippen molar-refractivity contribution in [1.82, 2.24) is 10.6 Å². The minimum Gasteiger partial charge on any atom is -0.374 e. The van der Waals surface area contributed by atoms with E-state index >= 15 is 0 Å². The average Bonchev–Trinajstić information content (AvgIpc) is 3.01. The molecule has 2 aromatic rings. The molecule has 0 unspecified atom stereocenters. The molecule has 0 bridgehead atoms. The zero-order valence-corrected chi connectivity index (χ0v) is 19.2. The Balaban J connectivity index is 0.00000338. The van der Waals surface area contributed by atoms with Crippen molar-refractivity contribution in [2.24, 2.45) is 4.99 Å². The lowest BCUT2D eigenvalue weighted by Gasteiger charge is -2.11. The number of nitrogens with zero attached hydrogens (tertiary/aromatic N) is 1. The number of rotatable bonds is 8. The van der Waals surface area contributed by atoms with Crippen LogP contribution in [0.25, 0.3) is 0 Å². The maximum atomic E-state index is 5.63. The Kier molecular flexibility index (Phi) is 10.8. The van der Waals surface area contributed by atoms with E-state index in [2.05, 4.69) is 79.0 Å². The van der Waals surface area contributed by atoms with Gasteiger partial charge in [-0.25, -0.2) is 4.99 Å². The highest BCUT2D eigenvalue weighted by Crippen LogP contribution is 2.14. The van der Waals surface area contributed by atoms with E-state index in [4.69, 9.17) is 4.74 Å². The molecule has 0 radical (unpaired) electrons.